The minimum absolute atomic E-state index is 0.0792. The molecule has 0 bridgehead atoms. The molecule has 0 fully saturated rings. The highest BCUT2D eigenvalue weighted by Crippen LogP contribution is 2.48. The van der Waals surface area contributed by atoms with Crippen molar-refractivity contribution in [2.24, 2.45) is 0 Å². The highest BCUT2D eigenvalue weighted by molar-refractivity contribution is 7.53. The van der Waals surface area contributed by atoms with Crippen molar-refractivity contribution in [3.63, 3.8) is 0 Å². The summed E-state index contributed by atoms with van der Waals surface area (Å²) in [4.78, 5) is 11.3. The molecule has 0 aliphatic heterocycles. The Kier molecular flexibility index (Phi) is 9.04. The molecule has 0 unspecified atom stereocenters. The molecule has 0 aromatic rings. The fraction of sp³-hybridized carbons (Fsp3) is 0.727. The van der Waals surface area contributed by atoms with Gasteiger partial charge in [0.1, 0.15) is 0 Å². The molecule has 100 valence electrons. The smallest absolute Gasteiger partial charge is 0.330 e. The maximum atomic E-state index is 12.0. The number of rotatable bonds is 10. The average Bonchev–Trinajstić information content (AvgIpc) is 2.27. The van der Waals surface area contributed by atoms with Crippen molar-refractivity contribution in [2.45, 2.75) is 26.7 Å². The van der Waals surface area contributed by atoms with Gasteiger partial charge in [0, 0.05) is 13.0 Å². The summed E-state index contributed by atoms with van der Waals surface area (Å²) < 4.78 is 22.3. The van der Waals surface area contributed by atoms with Gasteiger partial charge in [-0.25, -0.2) is 0 Å². The highest BCUT2D eigenvalue weighted by atomic mass is 31.2. The summed E-state index contributed by atoms with van der Waals surface area (Å²) in [6.07, 6.45) is 2.69. The Hall–Kier alpha value is -0.640. The lowest BCUT2D eigenvalue weighted by Gasteiger charge is -2.16. The van der Waals surface area contributed by atoms with Crippen molar-refractivity contribution < 1.29 is 18.4 Å². The lowest BCUT2D eigenvalue weighted by molar-refractivity contribution is -0.120. The molecule has 0 aliphatic carbocycles. The van der Waals surface area contributed by atoms with Gasteiger partial charge in [0.2, 0.25) is 5.91 Å². The summed E-state index contributed by atoms with van der Waals surface area (Å²) in [7, 11) is -3.00. The first-order valence-corrected chi connectivity index (χ1v) is 7.56. The topological polar surface area (TPSA) is 64.6 Å². The van der Waals surface area contributed by atoms with Crippen LogP contribution >= 0.6 is 7.60 Å². The predicted octanol–water partition coefficient (Wildman–Crippen LogP) is 2.33. The first kappa shape index (κ1) is 16.4. The van der Waals surface area contributed by atoms with E-state index in [4.69, 9.17) is 9.05 Å². The molecule has 0 rings (SSSR count). The Bertz CT molecular complexity index is 271. The number of nitrogens with one attached hydrogen (secondary N) is 1. The molecule has 6 heteroatoms. The molecule has 0 aromatic heterocycles. The summed E-state index contributed by atoms with van der Waals surface area (Å²) in [5, 5.41) is 2.65. The number of hydrogen-bond donors (Lipinski definition) is 1. The lowest BCUT2D eigenvalue weighted by Crippen LogP contribution is -2.23. The third kappa shape index (κ3) is 8.13. The van der Waals surface area contributed by atoms with Crippen LogP contribution in [0, 0.1) is 0 Å². The van der Waals surface area contributed by atoms with E-state index in [9.17, 15) is 9.36 Å². The fourth-order valence-electron chi connectivity index (χ4n) is 1.27. The zero-order valence-corrected chi connectivity index (χ0v) is 11.5. The zero-order chi connectivity index (χ0) is 13.1. The summed E-state index contributed by atoms with van der Waals surface area (Å²) in [6.45, 7) is 8.18. The second-order valence-electron chi connectivity index (χ2n) is 3.37. The van der Waals surface area contributed by atoms with Crippen LogP contribution in [0.3, 0.4) is 0 Å². The van der Waals surface area contributed by atoms with Crippen molar-refractivity contribution >= 4 is 13.5 Å². The first-order chi connectivity index (χ1) is 8.08. The Balaban J connectivity index is 3.93. The zero-order valence-electron chi connectivity index (χ0n) is 10.6. The van der Waals surface area contributed by atoms with Crippen LogP contribution < -0.4 is 5.32 Å². The molecule has 0 spiro atoms. The Morgan fingerprint density at radius 1 is 1.35 bits per heavy atom. The van der Waals surface area contributed by atoms with Crippen LogP contribution in [0.15, 0.2) is 12.7 Å². The first-order valence-electron chi connectivity index (χ1n) is 5.83. The molecule has 0 saturated heterocycles. The van der Waals surface area contributed by atoms with Gasteiger partial charge < -0.3 is 14.4 Å². The average molecular weight is 263 g/mol. The molecule has 0 aromatic carbocycles. The van der Waals surface area contributed by atoms with E-state index >= 15 is 0 Å². The van der Waals surface area contributed by atoms with Crippen LogP contribution in [0.25, 0.3) is 0 Å². The van der Waals surface area contributed by atoms with Crippen molar-refractivity contribution in [2.75, 3.05) is 25.9 Å². The van der Waals surface area contributed by atoms with Gasteiger partial charge >= 0.3 is 7.60 Å². The van der Waals surface area contributed by atoms with Gasteiger partial charge in [-0.1, -0.05) is 6.08 Å². The van der Waals surface area contributed by atoms with E-state index in [1.54, 1.807) is 19.9 Å². The minimum Gasteiger partial charge on any atom is -0.353 e. The Morgan fingerprint density at radius 2 is 1.94 bits per heavy atom. The monoisotopic (exact) mass is 263 g/mol. The number of carbonyl (C=O) groups is 1. The molecule has 0 radical (unpaired) electrons. The molecule has 1 N–H and O–H groups in total. The maximum Gasteiger partial charge on any atom is 0.330 e. The van der Waals surface area contributed by atoms with Gasteiger partial charge in [0.25, 0.3) is 0 Å². The lowest BCUT2D eigenvalue weighted by atomic mass is 10.3. The molecule has 0 aliphatic rings. The SMILES string of the molecule is C=CCNC(=O)CCCP(=O)(OCC)OCC. The van der Waals surface area contributed by atoms with E-state index < -0.39 is 7.60 Å². The number of amides is 1. The van der Waals surface area contributed by atoms with Gasteiger partial charge in [-0.2, -0.15) is 0 Å². The quantitative estimate of drug-likeness (QED) is 0.485. The second kappa shape index (κ2) is 9.40. The van der Waals surface area contributed by atoms with Gasteiger partial charge in [-0.15, -0.1) is 6.58 Å². The normalized spacial score (nSPS) is 11.2. The van der Waals surface area contributed by atoms with Crippen LogP contribution in [0.1, 0.15) is 26.7 Å². The second-order valence-corrected chi connectivity index (χ2v) is 5.55. The highest BCUT2D eigenvalue weighted by Gasteiger charge is 2.22. The van der Waals surface area contributed by atoms with Crippen molar-refractivity contribution in [1.29, 1.82) is 0 Å². The van der Waals surface area contributed by atoms with E-state index in [2.05, 4.69) is 11.9 Å². The van der Waals surface area contributed by atoms with E-state index in [0.717, 1.165) is 0 Å². The fourth-order valence-corrected chi connectivity index (χ4v) is 2.93. The molecule has 0 heterocycles. The summed E-state index contributed by atoms with van der Waals surface area (Å²) in [5.74, 6) is -0.0792. The van der Waals surface area contributed by atoms with E-state index in [1.165, 1.54) is 0 Å². The van der Waals surface area contributed by atoms with E-state index in [0.29, 0.717) is 32.6 Å². The number of hydrogen-bond acceptors (Lipinski definition) is 4. The van der Waals surface area contributed by atoms with Crippen molar-refractivity contribution in [3.05, 3.63) is 12.7 Å². The summed E-state index contributed by atoms with van der Waals surface area (Å²) in [5.41, 5.74) is 0. The van der Waals surface area contributed by atoms with Crippen molar-refractivity contribution in [3.8, 4) is 0 Å². The molecule has 5 nitrogen and oxygen atoms in total. The van der Waals surface area contributed by atoms with Crippen LogP contribution in [-0.4, -0.2) is 31.8 Å². The molecule has 0 saturated carbocycles. The molecule has 1 amide bonds. The van der Waals surface area contributed by atoms with Gasteiger partial charge in [0.15, 0.2) is 0 Å². The molecule has 0 atom stereocenters. The van der Waals surface area contributed by atoms with Gasteiger partial charge in [-0.3, -0.25) is 9.36 Å². The summed E-state index contributed by atoms with van der Waals surface area (Å²) in [6, 6.07) is 0. The van der Waals surface area contributed by atoms with Gasteiger partial charge in [-0.05, 0) is 20.3 Å². The third-order valence-electron chi connectivity index (χ3n) is 1.93. The minimum atomic E-state index is -3.00. The predicted molar refractivity (Wildman–Crippen MR) is 68.2 cm³/mol. The van der Waals surface area contributed by atoms with Crippen LogP contribution in [-0.2, 0) is 18.4 Å². The largest absolute Gasteiger partial charge is 0.353 e. The Morgan fingerprint density at radius 3 is 2.41 bits per heavy atom. The van der Waals surface area contributed by atoms with Gasteiger partial charge in [0.05, 0.1) is 19.4 Å². The van der Waals surface area contributed by atoms with E-state index in [1.807, 2.05) is 0 Å². The Labute approximate surface area is 103 Å². The third-order valence-corrected chi connectivity index (χ3v) is 4.10. The maximum absolute atomic E-state index is 12.0. The molecular weight excluding hydrogens is 241 g/mol. The molecular formula is C11H22NO4P. The summed E-state index contributed by atoms with van der Waals surface area (Å²) >= 11 is 0. The van der Waals surface area contributed by atoms with E-state index in [-0.39, 0.29) is 12.1 Å². The number of carbonyl (C=O) groups excluding carboxylic acids is 1. The van der Waals surface area contributed by atoms with Crippen LogP contribution in [0.4, 0.5) is 0 Å². The van der Waals surface area contributed by atoms with Crippen LogP contribution in [0.5, 0.6) is 0 Å². The standard InChI is InChI=1S/C11H22NO4P/c1-4-9-12-11(13)8-7-10-17(14,15-5-2)16-6-3/h4H,1,5-10H2,2-3H3,(H,12,13). The van der Waals surface area contributed by atoms with Crippen molar-refractivity contribution in [1.82, 2.24) is 5.32 Å². The van der Waals surface area contributed by atoms with Crippen LogP contribution in [0.2, 0.25) is 0 Å². The molecule has 17 heavy (non-hydrogen) atoms.